The van der Waals surface area contributed by atoms with Gasteiger partial charge in [0.1, 0.15) is 6.33 Å². The molecule has 0 radical (unpaired) electrons. The Morgan fingerprint density at radius 1 is 1.30 bits per heavy atom. The first-order chi connectivity index (χ1) is 11.1. The number of likely N-dealkylation sites (tertiary alicyclic amines) is 1. The van der Waals surface area contributed by atoms with Crippen LogP contribution in [0.2, 0.25) is 0 Å². The number of aromatic nitrogens is 4. The lowest BCUT2D eigenvalue weighted by atomic mass is 10.0. The van der Waals surface area contributed by atoms with E-state index in [1.807, 2.05) is 6.20 Å². The standard InChI is InChI=1S/C17H25N5O/c1-13(2)9-15-4-3-14(10-18-15)11-21-7-5-16(6-8-21)22-12-19-20-17(22)23/h3-4,10,12-13,16H,5-9,11H2,1-2H3,(H,20,23). The number of nitrogens with one attached hydrogen (secondary N) is 1. The van der Waals surface area contributed by atoms with Gasteiger partial charge in [-0.1, -0.05) is 19.9 Å². The summed E-state index contributed by atoms with van der Waals surface area (Å²) in [6, 6.07) is 4.61. The Labute approximate surface area is 136 Å². The lowest BCUT2D eigenvalue weighted by Crippen LogP contribution is -2.36. The molecule has 1 aliphatic heterocycles. The molecule has 2 aromatic heterocycles. The second kappa shape index (κ2) is 7.08. The predicted molar refractivity (Wildman–Crippen MR) is 89.2 cm³/mol. The van der Waals surface area contributed by atoms with E-state index in [1.165, 1.54) is 11.3 Å². The van der Waals surface area contributed by atoms with Crippen LogP contribution in [0, 0.1) is 5.92 Å². The summed E-state index contributed by atoms with van der Waals surface area (Å²) in [6.07, 6.45) is 6.62. The number of pyridine rings is 1. The smallest absolute Gasteiger partial charge is 0.299 e. The third-order valence-electron chi connectivity index (χ3n) is 4.44. The van der Waals surface area contributed by atoms with Crippen LogP contribution in [-0.2, 0) is 13.0 Å². The summed E-state index contributed by atoms with van der Waals surface area (Å²) in [5.41, 5.74) is 2.33. The van der Waals surface area contributed by atoms with E-state index < -0.39 is 0 Å². The summed E-state index contributed by atoms with van der Waals surface area (Å²) >= 11 is 0. The van der Waals surface area contributed by atoms with Crippen LogP contribution >= 0.6 is 0 Å². The molecule has 1 saturated heterocycles. The number of piperidine rings is 1. The quantitative estimate of drug-likeness (QED) is 0.916. The van der Waals surface area contributed by atoms with Gasteiger partial charge in [0.15, 0.2) is 0 Å². The topological polar surface area (TPSA) is 66.8 Å². The minimum atomic E-state index is -0.103. The van der Waals surface area contributed by atoms with Crippen LogP contribution in [0.3, 0.4) is 0 Å². The number of nitrogens with zero attached hydrogens (tertiary/aromatic N) is 4. The Bertz CT molecular complexity index is 665. The first kappa shape index (κ1) is 15.9. The van der Waals surface area contributed by atoms with Crippen molar-refractivity contribution in [3.63, 3.8) is 0 Å². The molecule has 6 heteroatoms. The highest BCUT2D eigenvalue weighted by Gasteiger charge is 2.21. The molecule has 3 rings (SSSR count). The van der Waals surface area contributed by atoms with E-state index in [0.29, 0.717) is 5.92 Å². The Hall–Kier alpha value is -1.95. The zero-order chi connectivity index (χ0) is 16.2. The fraction of sp³-hybridized carbons (Fsp3) is 0.588. The second-order valence-electron chi connectivity index (χ2n) is 6.83. The van der Waals surface area contributed by atoms with Gasteiger partial charge in [-0.3, -0.25) is 14.5 Å². The lowest BCUT2D eigenvalue weighted by molar-refractivity contribution is 0.177. The average Bonchev–Trinajstić information content (AvgIpc) is 2.96. The van der Waals surface area contributed by atoms with Crippen molar-refractivity contribution in [1.29, 1.82) is 0 Å². The van der Waals surface area contributed by atoms with Crippen LogP contribution in [0.4, 0.5) is 0 Å². The van der Waals surface area contributed by atoms with Crippen molar-refractivity contribution in [2.45, 2.75) is 45.7 Å². The molecule has 0 spiro atoms. The summed E-state index contributed by atoms with van der Waals surface area (Å²) in [4.78, 5) is 18.6. The fourth-order valence-electron chi connectivity index (χ4n) is 3.22. The van der Waals surface area contributed by atoms with Gasteiger partial charge in [0.05, 0.1) is 0 Å². The summed E-state index contributed by atoms with van der Waals surface area (Å²) < 4.78 is 1.72. The summed E-state index contributed by atoms with van der Waals surface area (Å²) in [6.45, 7) is 7.35. The van der Waals surface area contributed by atoms with Crippen molar-refractivity contribution >= 4 is 0 Å². The fourth-order valence-corrected chi connectivity index (χ4v) is 3.22. The third-order valence-corrected chi connectivity index (χ3v) is 4.44. The molecule has 3 heterocycles. The monoisotopic (exact) mass is 315 g/mol. The highest BCUT2D eigenvalue weighted by molar-refractivity contribution is 5.14. The number of rotatable bonds is 5. The van der Waals surface area contributed by atoms with Crippen LogP contribution in [0.15, 0.2) is 29.5 Å². The molecule has 0 saturated carbocycles. The van der Waals surface area contributed by atoms with Crippen LogP contribution in [0.5, 0.6) is 0 Å². The molecule has 124 valence electrons. The molecular formula is C17H25N5O. The van der Waals surface area contributed by atoms with E-state index in [9.17, 15) is 4.79 Å². The number of hydrogen-bond acceptors (Lipinski definition) is 4. The van der Waals surface area contributed by atoms with Gasteiger partial charge in [-0.05, 0) is 36.8 Å². The SMILES string of the molecule is CC(C)Cc1ccc(CN2CCC(n3cn[nH]c3=O)CC2)cn1. The molecule has 0 aromatic carbocycles. The van der Waals surface area contributed by atoms with Gasteiger partial charge >= 0.3 is 5.69 Å². The third kappa shape index (κ3) is 4.07. The molecule has 23 heavy (non-hydrogen) atoms. The molecule has 0 unspecified atom stereocenters. The van der Waals surface area contributed by atoms with Gasteiger partial charge < -0.3 is 0 Å². The van der Waals surface area contributed by atoms with Crippen molar-refractivity contribution in [2.75, 3.05) is 13.1 Å². The number of hydrogen-bond donors (Lipinski definition) is 1. The first-order valence-corrected chi connectivity index (χ1v) is 8.39. The lowest BCUT2D eigenvalue weighted by Gasteiger charge is -2.31. The predicted octanol–water partition coefficient (Wildman–Crippen LogP) is 2.00. The molecule has 0 bridgehead atoms. The van der Waals surface area contributed by atoms with Gasteiger partial charge in [-0.2, -0.15) is 5.10 Å². The average molecular weight is 315 g/mol. The van der Waals surface area contributed by atoms with Gasteiger partial charge in [0.2, 0.25) is 0 Å². The minimum absolute atomic E-state index is 0.103. The summed E-state index contributed by atoms with van der Waals surface area (Å²) in [5, 5.41) is 6.29. The van der Waals surface area contributed by atoms with E-state index in [0.717, 1.165) is 38.9 Å². The van der Waals surface area contributed by atoms with Gasteiger partial charge in [-0.25, -0.2) is 9.89 Å². The maximum atomic E-state index is 11.6. The zero-order valence-electron chi connectivity index (χ0n) is 13.9. The van der Waals surface area contributed by atoms with E-state index in [4.69, 9.17) is 0 Å². The Kier molecular flexibility index (Phi) is 4.91. The largest absolute Gasteiger partial charge is 0.343 e. The van der Waals surface area contributed by atoms with Gasteiger partial charge in [0.25, 0.3) is 0 Å². The normalized spacial score (nSPS) is 17.0. The number of H-pyrrole nitrogens is 1. The Morgan fingerprint density at radius 2 is 2.09 bits per heavy atom. The van der Waals surface area contributed by atoms with Crippen molar-refractivity contribution in [3.8, 4) is 0 Å². The molecule has 0 amide bonds. The van der Waals surface area contributed by atoms with E-state index in [2.05, 4.69) is 46.1 Å². The highest BCUT2D eigenvalue weighted by Crippen LogP contribution is 2.21. The van der Waals surface area contributed by atoms with Crippen molar-refractivity contribution in [2.24, 2.45) is 5.92 Å². The first-order valence-electron chi connectivity index (χ1n) is 8.39. The maximum Gasteiger partial charge on any atom is 0.343 e. The molecule has 2 aromatic rings. The van der Waals surface area contributed by atoms with Crippen molar-refractivity contribution in [1.82, 2.24) is 24.6 Å². The molecule has 1 N–H and O–H groups in total. The van der Waals surface area contributed by atoms with Crippen molar-refractivity contribution < 1.29 is 0 Å². The van der Waals surface area contributed by atoms with E-state index in [1.54, 1.807) is 10.9 Å². The molecule has 0 aliphatic carbocycles. The molecule has 1 fully saturated rings. The van der Waals surface area contributed by atoms with Crippen LogP contribution in [-0.4, -0.2) is 37.7 Å². The van der Waals surface area contributed by atoms with Crippen molar-refractivity contribution in [3.05, 3.63) is 46.4 Å². The summed E-state index contributed by atoms with van der Waals surface area (Å²) in [5.74, 6) is 0.638. The van der Waals surface area contributed by atoms with E-state index in [-0.39, 0.29) is 11.7 Å². The second-order valence-corrected chi connectivity index (χ2v) is 6.83. The van der Waals surface area contributed by atoms with Crippen LogP contribution in [0.1, 0.15) is 44.0 Å². The van der Waals surface area contributed by atoms with E-state index >= 15 is 0 Å². The van der Waals surface area contributed by atoms with Crippen LogP contribution < -0.4 is 5.69 Å². The highest BCUT2D eigenvalue weighted by atomic mass is 16.1. The zero-order valence-corrected chi connectivity index (χ0v) is 13.9. The molecule has 1 aliphatic rings. The Morgan fingerprint density at radius 3 is 2.65 bits per heavy atom. The molecule has 6 nitrogen and oxygen atoms in total. The van der Waals surface area contributed by atoms with Crippen LogP contribution in [0.25, 0.3) is 0 Å². The van der Waals surface area contributed by atoms with Gasteiger partial charge in [-0.15, -0.1) is 0 Å². The maximum absolute atomic E-state index is 11.6. The summed E-state index contributed by atoms with van der Waals surface area (Å²) in [7, 11) is 0. The number of aromatic amines is 1. The molecule has 0 atom stereocenters. The molecular weight excluding hydrogens is 290 g/mol. The minimum Gasteiger partial charge on any atom is -0.299 e. The van der Waals surface area contributed by atoms with Gasteiger partial charge in [0, 0.05) is 37.6 Å². The Balaban J connectivity index is 1.52.